The van der Waals surface area contributed by atoms with Crippen LogP contribution in [0.15, 0.2) is 66.7 Å². The molecule has 0 spiro atoms. The zero-order valence-electron chi connectivity index (χ0n) is 11.9. The van der Waals surface area contributed by atoms with Crippen molar-refractivity contribution >= 4 is 54.7 Å². The summed E-state index contributed by atoms with van der Waals surface area (Å²) in [6, 6.07) is 24.2. The molecule has 0 aliphatic heterocycles. The molecule has 5 aromatic carbocycles. The summed E-state index contributed by atoms with van der Waals surface area (Å²) in [5, 5.41) is 10.5. The molecule has 0 saturated heterocycles. The van der Waals surface area contributed by atoms with Crippen molar-refractivity contribution in [1.82, 2.24) is 0 Å². The Morgan fingerprint density at radius 3 is 2.23 bits per heavy atom. The number of alkyl halides is 1. The quantitative estimate of drug-likeness (QED) is 0.189. The Labute approximate surface area is 133 Å². The molecular formula is C21H13Cl. The predicted octanol–water partition coefficient (Wildman–Crippen LogP) is 6.48. The monoisotopic (exact) mass is 300 g/mol. The molecule has 0 heterocycles. The number of benzene rings is 5. The van der Waals surface area contributed by atoms with E-state index >= 15 is 0 Å². The van der Waals surface area contributed by atoms with Gasteiger partial charge in [0.1, 0.15) is 0 Å². The Morgan fingerprint density at radius 2 is 1.32 bits per heavy atom. The van der Waals surface area contributed by atoms with Gasteiger partial charge in [0.05, 0.1) is 0 Å². The Hall–Kier alpha value is -2.31. The Bertz CT molecular complexity index is 1150. The van der Waals surface area contributed by atoms with Gasteiger partial charge in [-0.05, 0) is 54.7 Å². The summed E-state index contributed by atoms with van der Waals surface area (Å²) >= 11 is 6.14. The zero-order valence-corrected chi connectivity index (χ0v) is 12.7. The van der Waals surface area contributed by atoms with Crippen molar-refractivity contribution < 1.29 is 0 Å². The lowest BCUT2D eigenvalue weighted by atomic mass is 9.90. The maximum absolute atomic E-state index is 6.14. The minimum Gasteiger partial charge on any atom is -0.122 e. The normalized spacial score (nSPS) is 12.0. The highest BCUT2D eigenvalue weighted by Gasteiger charge is 2.12. The molecule has 0 unspecified atom stereocenters. The van der Waals surface area contributed by atoms with E-state index in [4.69, 9.17) is 11.6 Å². The topological polar surface area (TPSA) is 0 Å². The third kappa shape index (κ3) is 1.48. The summed E-state index contributed by atoms with van der Waals surface area (Å²) in [6.07, 6.45) is 0. The molecule has 5 aromatic rings. The SMILES string of the molecule is ClCc1ccc2ccc3cc4ccccc4c4ccc1c2c34. The number of halogens is 1. The second-order valence-electron chi connectivity index (χ2n) is 5.88. The fourth-order valence-electron chi connectivity index (χ4n) is 3.73. The van der Waals surface area contributed by atoms with Crippen LogP contribution in [0.5, 0.6) is 0 Å². The van der Waals surface area contributed by atoms with E-state index in [0.29, 0.717) is 5.88 Å². The van der Waals surface area contributed by atoms with Crippen LogP contribution >= 0.6 is 11.6 Å². The lowest BCUT2D eigenvalue weighted by Crippen LogP contribution is -1.88. The van der Waals surface area contributed by atoms with Crippen LogP contribution in [-0.4, -0.2) is 0 Å². The van der Waals surface area contributed by atoms with E-state index in [1.807, 2.05) is 0 Å². The fraction of sp³-hybridized carbons (Fsp3) is 0.0476. The van der Waals surface area contributed by atoms with Crippen LogP contribution in [0.1, 0.15) is 5.56 Å². The van der Waals surface area contributed by atoms with Crippen molar-refractivity contribution in [2.24, 2.45) is 0 Å². The van der Waals surface area contributed by atoms with Gasteiger partial charge in [0.2, 0.25) is 0 Å². The summed E-state index contributed by atoms with van der Waals surface area (Å²) in [6.45, 7) is 0. The molecular weight excluding hydrogens is 288 g/mol. The molecule has 0 radical (unpaired) electrons. The van der Waals surface area contributed by atoms with Crippen LogP contribution in [-0.2, 0) is 5.88 Å². The maximum atomic E-state index is 6.14. The molecule has 0 atom stereocenters. The Kier molecular flexibility index (Phi) is 2.42. The van der Waals surface area contributed by atoms with E-state index in [0.717, 1.165) is 0 Å². The molecule has 0 aromatic heterocycles. The number of hydrogen-bond acceptors (Lipinski definition) is 0. The van der Waals surface area contributed by atoms with Gasteiger partial charge >= 0.3 is 0 Å². The van der Waals surface area contributed by atoms with E-state index in [2.05, 4.69) is 66.7 Å². The lowest BCUT2D eigenvalue weighted by molar-refractivity contribution is 1.46. The Morgan fingerprint density at radius 1 is 0.591 bits per heavy atom. The van der Waals surface area contributed by atoms with Gasteiger partial charge in [0.25, 0.3) is 0 Å². The molecule has 0 bridgehead atoms. The van der Waals surface area contributed by atoms with E-state index < -0.39 is 0 Å². The van der Waals surface area contributed by atoms with Gasteiger partial charge in [-0.1, -0.05) is 60.7 Å². The van der Waals surface area contributed by atoms with E-state index in [1.165, 1.54) is 48.7 Å². The summed E-state index contributed by atoms with van der Waals surface area (Å²) in [4.78, 5) is 0. The molecule has 0 fully saturated rings. The highest BCUT2D eigenvalue weighted by molar-refractivity contribution is 6.29. The highest BCUT2D eigenvalue weighted by atomic mass is 35.5. The van der Waals surface area contributed by atoms with Gasteiger partial charge in [-0.3, -0.25) is 0 Å². The minimum absolute atomic E-state index is 0.551. The lowest BCUT2D eigenvalue weighted by Gasteiger charge is -2.14. The number of rotatable bonds is 1. The predicted molar refractivity (Wildman–Crippen MR) is 97.2 cm³/mol. The summed E-state index contributed by atoms with van der Waals surface area (Å²) in [5.74, 6) is 0.551. The van der Waals surface area contributed by atoms with Crippen LogP contribution in [0.25, 0.3) is 43.1 Å². The van der Waals surface area contributed by atoms with Crippen LogP contribution in [0.3, 0.4) is 0 Å². The summed E-state index contributed by atoms with van der Waals surface area (Å²) in [7, 11) is 0. The van der Waals surface area contributed by atoms with Crippen molar-refractivity contribution in [1.29, 1.82) is 0 Å². The first kappa shape index (κ1) is 12.3. The highest BCUT2D eigenvalue weighted by Crippen LogP contribution is 2.39. The number of hydrogen-bond donors (Lipinski definition) is 0. The van der Waals surface area contributed by atoms with Crippen LogP contribution in [0, 0.1) is 0 Å². The molecule has 0 amide bonds. The van der Waals surface area contributed by atoms with Gasteiger partial charge in [0.15, 0.2) is 0 Å². The van der Waals surface area contributed by atoms with Crippen LogP contribution in [0.4, 0.5) is 0 Å². The molecule has 0 N–H and O–H groups in total. The first-order valence-electron chi connectivity index (χ1n) is 7.51. The summed E-state index contributed by atoms with van der Waals surface area (Å²) in [5.41, 5.74) is 1.21. The number of fused-ring (bicyclic) bond motifs is 2. The zero-order chi connectivity index (χ0) is 14.7. The van der Waals surface area contributed by atoms with E-state index in [1.54, 1.807) is 0 Å². The van der Waals surface area contributed by atoms with E-state index in [-0.39, 0.29) is 0 Å². The Balaban J connectivity index is 2.16. The van der Waals surface area contributed by atoms with Gasteiger partial charge in [0, 0.05) is 5.88 Å². The van der Waals surface area contributed by atoms with Crippen LogP contribution < -0.4 is 0 Å². The van der Waals surface area contributed by atoms with Gasteiger partial charge < -0.3 is 0 Å². The van der Waals surface area contributed by atoms with Crippen molar-refractivity contribution in [2.75, 3.05) is 0 Å². The van der Waals surface area contributed by atoms with Crippen LogP contribution in [0.2, 0.25) is 0 Å². The molecule has 0 saturated carbocycles. The second kappa shape index (κ2) is 4.34. The van der Waals surface area contributed by atoms with Gasteiger partial charge in [-0.2, -0.15) is 0 Å². The molecule has 22 heavy (non-hydrogen) atoms. The standard InChI is InChI=1S/C21H13Cl/c22-12-16-8-6-13-5-7-15-11-14-3-1-2-4-17(14)19-10-9-18(16)20(13)21(15)19/h1-11H,12H2. The minimum atomic E-state index is 0.551. The van der Waals surface area contributed by atoms with Gasteiger partial charge in [-0.25, -0.2) is 0 Å². The molecule has 1 heteroatoms. The maximum Gasteiger partial charge on any atom is 0.0480 e. The first-order valence-corrected chi connectivity index (χ1v) is 8.04. The average Bonchev–Trinajstić information content (AvgIpc) is 2.59. The average molecular weight is 301 g/mol. The van der Waals surface area contributed by atoms with Crippen molar-refractivity contribution in [2.45, 2.75) is 5.88 Å². The fourth-order valence-corrected chi connectivity index (χ4v) is 3.97. The van der Waals surface area contributed by atoms with Crippen molar-refractivity contribution in [3.63, 3.8) is 0 Å². The van der Waals surface area contributed by atoms with Crippen molar-refractivity contribution in [3.8, 4) is 0 Å². The summed E-state index contributed by atoms with van der Waals surface area (Å²) < 4.78 is 0. The van der Waals surface area contributed by atoms with Crippen molar-refractivity contribution in [3.05, 3.63) is 72.3 Å². The third-order valence-corrected chi connectivity index (χ3v) is 5.03. The molecule has 0 nitrogen and oxygen atoms in total. The molecule has 104 valence electrons. The van der Waals surface area contributed by atoms with E-state index in [9.17, 15) is 0 Å². The largest absolute Gasteiger partial charge is 0.122 e. The first-order chi connectivity index (χ1) is 10.9. The smallest absolute Gasteiger partial charge is 0.0480 e. The molecule has 0 aliphatic rings. The molecule has 5 rings (SSSR count). The molecule has 0 aliphatic carbocycles. The second-order valence-corrected chi connectivity index (χ2v) is 6.15. The third-order valence-electron chi connectivity index (χ3n) is 4.74. The van der Waals surface area contributed by atoms with Gasteiger partial charge in [-0.15, -0.1) is 11.6 Å².